The maximum Gasteiger partial charge on any atom is 0.0409 e. The van der Waals surface area contributed by atoms with Gasteiger partial charge in [-0.25, -0.2) is 0 Å². The summed E-state index contributed by atoms with van der Waals surface area (Å²) in [5.74, 6) is 0. The van der Waals surface area contributed by atoms with Crippen LogP contribution in [0.3, 0.4) is 0 Å². The molecule has 1 saturated carbocycles. The lowest BCUT2D eigenvalue weighted by Crippen LogP contribution is -2.32. The quantitative estimate of drug-likeness (QED) is 0.801. The van der Waals surface area contributed by atoms with Crippen molar-refractivity contribution in [2.45, 2.75) is 64.0 Å². The first-order valence-electron chi connectivity index (χ1n) is 7.27. The van der Waals surface area contributed by atoms with Gasteiger partial charge in [-0.1, -0.05) is 55.8 Å². The second-order valence-corrected chi connectivity index (χ2v) is 5.92. The fourth-order valence-electron chi connectivity index (χ4n) is 2.85. The van der Waals surface area contributed by atoms with Crippen LogP contribution in [0.25, 0.3) is 0 Å². The molecule has 18 heavy (non-hydrogen) atoms. The Kier molecular flexibility index (Phi) is 5.52. The van der Waals surface area contributed by atoms with Gasteiger partial charge < -0.3 is 5.32 Å². The Labute approximate surface area is 116 Å². The lowest BCUT2D eigenvalue weighted by Gasteiger charge is -2.25. The summed E-state index contributed by atoms with van der Waals surface area (Å²) in [7, 11) is 0. The predicted molar refractivity (Wildman–Crippen MR) is 79.1 cm³/mol. The molecule has 1 N–H and O–H groups in total. The lowest BCUT2D eigenvalue weighted by atomic mass is 9.95. The number of benzene rings is 1. The van der Waals surface area contributed by atoms with Crippen molar-refractivity contribution in [3.63, 3.8) is 0 Å². The summed E-state index contributed by atoms with van der Waals surface area (Å²) in [6.45, 7) is 2.24. The van der Waals surface area contributed by atoms with E-state index in [1.54, 1.807) is 0 Å². The molecule has 0 aromatic heterocycles. The highest BCUT2D eigenvalue weighted by molar-refractivity contribution is 6.30. The summed E-state index contributed by atoms with van der Waals surface area (Å²) < 4.78 is 0. The molecule has 1 atom stereocenters. The summed E-state index contributed by atoms with van der Waals surface area (Å²) in [4.78, 5) is 0. The number of hydrogen-bond donors (Lipinski definition) is 1. The molecule has 1 nitrogen and oxygen atoms in total. The molecule has 0 amide bonds. The summed E-state index contributed by atoms with van der Waals surface area (Å²) >= 11 is 6.05. The van der Waals surface area contributed by atoms with Gasteiger partial charge in [-0.05, 0) is 37.5 Å². The van der Waals surface area contributed by atoms with Crippen LogP contribution in [0.5, 0.6) is 0 Å². The minimum absolute atomic E-state index is 0.396. The Morgan fingerprint density at radius 1 is 1.11 bits per heavy atom. The van der Waals surface area contributed by atoms with Crippen molar-refractivity contribution in [1.82, 2.24) is 5.32 Å². The Hall–Kier alpha value is -0.530. The molecular formula is C16H24ClN. The van der Waals surface area contributed by atoms with E-state index in [0.29, 0.717) is 12.1 Å². The minimum atomic E-state index is 0.396. The molecule has 2 heteroatoms. The number of rotatable bonds is 3. The van der Waals surface area contributed by atoms with Crippen LogP contribution in [0.4, 0.5) is 0 Å². The van der Waals surface area contributed by atoms with Gasteiger partial charge in [0.2, 0.25) is 0 Å². The zero-order valence-corrected chi connectivity index (χ0v) is 12.0. The smallest absolute Gasteiger partial charge is 0.0409 e. The van der Waals surface area contributed by atoms with E-state index in [-0.39, 0.29) is 0 Å². The average molecular weight is 266 g/mol. The van der Waals surface area contributed by atoms with E-state index in [1.807, 2.05) is 12.1 Å². The Morgan fingerprint density at radius 3 is 2.44 bits per heavy atom. The van der Waals surface area contributed by atoms with Gasteiger partial charge in [0, 0.05) is 17.1 Å². The van der Waals surface area contributed by atoms with E-state index in [1.165, 1.54) is 50.5 Å². The Balaban J connectivity index is 1.90. The predicted octanol–water partition coefficient (Wildman–Crippen LogP) is 5.10. The van der Waals surface area contributed by atoms with Gasteiger partial charge in [-0.15, -0.1) is 0 Å². The average Bonchev–Trinajstić information content (AvgIpc) is 2.32. The number of nitrogens with one attached hydrogen (secondary N) is 1. The summed E-state index contributed by atoms with van der Waals surface area (Å²) in [5.41, 5.74) is 1.30. The summed E-state index contributed by atoms with van der Waals surface area (Å²) in [5, 5.41) is 4.60. The molecule has 100 valence electrons. The molecule has 1 aliphatic carbocycles. The lowest BCUT2D eigenvalue weighted by molar-refractivity contribution is 0.363. The van der Waals surface area contributed by atoms with Gasteiger partial charge in [-0.3, -0.25) is 0 Å². The van der Waals surface area contributed by atoms with Crippen molar-refractivity contribution >= 4 is 11.6 Å². The fraction of sp³-hybridized carbons (Fsp3) is 0.625. The van der Waals surface area contributed by atoms with Crippen LogP contribution in [-0.4, -0.2) is 6.04 Å². The molecule has 1 aromatic rings. The molecule has 1 aromatic carbocycles. The van der Waals surface area contributed by atoms with Crippen molar-refractivity contribution in [3.8, 4) is 0 Å². The number of halogens is 1. The van der Waals surface area contributed by atoms with Gasteiger partial charge in [0.05, 0.1) is 0 Å². The highest BCUT2D eigenvalue weighted by Gasteiger charge is 2.14. The molecule has 0 spiro atoms. The first-order valence-corrected chi connectivity index (χ1v) is 7.65. The summed E-state index contributed by atoms with van der Waals surface area (Å²) in [6.07, 6.45) is 9.64. The maximum absolute atomic E-state index is 6.05. The maximum atomic E-state index is 6.05. The fourth-order valence-corrected chi connectivity index (χ4v) is 3.05. The van der Waals surface area contributed by atoms with Gasteiger partial charge >= 0.3 is 0 Å². The van der Waals surface area contributed by atoms with Crippen LogP contribution in [0.1, 0.15) is 63.5 Å². The van der Waals surface area contributed by atoms with Crippen LogP contribution in [0.15, 0.2) is 24.3 Å². The Bertz CT molecular complexity index is 356. The van der Waals surface area contributed by atoms with Crippen LogP contribution < -0.4 is 5.32 Å². The molecule has 0 radical (unpaired) electrons. The van der Waals surface area contributed by atoms with Crippen LogP contribution in [-0.2, 0) is 0 Å². The van der Waals surface area contributed by atoms with Crippen LogP contribution in [0.2, 0.25) is 5.02 Å². The topological polar surface area (TPSA) is 12.0 Å². The molecule has 0 bridgehead atoms. The van der Waals surface area contributed by atoms with Crippen LogP contribution in [0, 0.1) is 0 Å². The van der Waals surface area contributed by atoms with E-state index in [2.05, 4.69) is 24.4 Å². The third-order valence-corrected chi connectivity index (χ3v) is 4.17. The highest BCUT2D eigenvalue weighted by Crippen LogP contribution is 2.22. The van der Waals surface area contributed by atoms with Crippen LogP contribution >= 0.6 is 11.6 Å². The Morgan fingerprint density at radius 2 is 1.78 bits per heavy atom. The molecule has 1 aliphatic rings. The molecule has 2 rings (SSSR count). The van der Waals surface area contributed by atoms with E-state index >= 15 is 0 Å². The molecule has 0 unspecified atom stereocenters. The van der Waals surface area contributed by atoms with Gasteiger partial charge in [0.25, 0.3) is 0 Å². The first-order chi connectivity index (χ1) is 8.75. The van der Waals surface area contributed by atoms with Gasteiger partial charge in [0.15, 0.2) is 0 Å². The highest BCUT2D eigenvalue weighted by atomic mass is 35.5. The largest absolute Gasteiger partial charge is 0.307 e. The molecule has 0 heterocycles. The molecule has 0 saturated heterocycles. The molecule has 0 aliphatic heterocycles. The van der Waals surface area contributed by atoms with E-state index in [0.717, 1.165) is 5.02 Å². The van der Waals surface area contributed by atoms with E-state index < -0.39 is 0 Å². The van der Waals surface area contributed by atoms with Crippen molar-refractivity contribution in [2.24, 2.45) is 0 Å². The summed E-state index contributed by atoms with van der Waals surface area (Å²) in [6, 6.07) is 9.28. The second-order valence-electron chi connectivity index (χ2n) is 5.49. The minimum Gasteiger partial charge on any atom is -0.307 e. The van der Waals surface area contributed by atoms with Gasteiger partial charge in [0.1, 0.15) is 0 Å². The zero-order valence-electron chi connectivity index (χ0n) is 11.3. The van der Waals surface area contributed by atoms with Crippen molar-refractivity contribution < 1.29 is 0 Å². The van der Waals surface area contributed by atoms with Crippen molar-refractivity contribution in [2.75, 3.05) is 0 Å². The third kappa shape index (κ3) is 4.29. The SMILES string of the molecule is C[C@H](NC1CCCCCCC1)c1cccc(Cl)c1. The standard InChI is InChI=1S/C16H24ClN/c1-13(14-8-7-9-15(17)12-14)18-16-10-5-3-2-4-6-11-16/h7-9,12-13,16,18H,2-6,10-11H2,1H3/t13-/m0/s1. The molecular weight excluding hydrogens is 242 g/mol. The van der Waals surface area contributed by atoms with Crippen molar-refractivity contribution in [3.05, 3.63) is 34.9 Å². The number of hydrogen-bond acceptors (Lipinski definition) is 1. The second kappa shape index (κ2) is 7.16. The van der Waals surface area contributed by atoms with E-state index in [4.69, 9.17) is 11.6 Å². The normalized spacial score (nSPS) is 20.1. The third-order valence-electron chi connectivity index (χ3n) is 3.94. The van der Waals surface area contributed by atoms with E-state index in [9.17, 15) is 0 Å². The van der Waals surface area contributed by atoms with Crippen molar-refractivity contribution in [1.29, 1.82) is 0 Å². The van der Waals surface area contributed by atoms with Gasteiger partial charge in [-0.2, -0.15) is 0 Å². The first kappa shape index (κ1) is 13.9. The zero-order chi connectivity index (χ0) is 12.8. The molecule has 1 fully saturated rings. The monoisotopic (exact) mass is 265 g/mol.